The Morgan fingerprint density at radius 1 is 1.69 bits per heavy atom. The van der Waals surface area contributed by atoms with Crippen LogP contribution in [0.5, 0.6) is 0 Å². The third-order valence-electron chi connectivity index (χ3n) is 2.02. The Balaban J connectivity index is 2.43. The van der Waals surface area contributed by atoms with Crippen LogP contribution in [-0.4, -0.2) is 24.7 Å². The molecule has 0 radical (unpaired) electrons. The summed E-state index contributed by atoms with van der Waals surface area (Å²) in [5.74, 6) is 0.143. The fourth-order valence-electron chi connectivity index (χ4n) is 1.17. The minimum Gasteiger partial charge on any atom is -0.464 e. The average molecular weight is 183 g/mol. The molecule has 1 aliphatic rings. The molecule has 0 aliphatic heterocycles. The number of carbonyl (C=O) groups is 1. The number of nitrogens with zero attached hydrogens (tertiary/aromatic N) is 1. The molecular weight excluding hydrogens is 170 g/mol. The van der Waals surface area contributed by atoms with Gasteiger partial charge in [-0.05, 0) is 19.3 Å². The lowest BCUT2D eigenvalue weighted by atomic mass is 10.1. The molecular formula is C9H13NO3. The minimum atomic E-state index is -0.620. The predicted octanol–water partition coefficient (Wildman–Crippen LogP) is 1.05. The minimum absolute atomic E-state index is 0.328. The summed E-state index contributed by atoms with van der Waals surface area (Å²) in [5.41, 5.74) is 0. The molecule has 13 heavy (non-hydrogen) atoms. The third kappa shape index (κ3) is 3.38. The van der Waals surface area contributed by atoms with Crippen LogP contribution in [0.2, 0.25) is 0 Å². The Bertz CT molecular complexity index is 229. The fourth-order valence-corrected chi connectivity index (χ4v) is 1.17. The van der Waals surface area contributed by atoms with Gasteiger partial charge in [0.2, 0.25) is 6.08 Å². The van der Waals surface area contributed by atoms with Gasteiger partial charge in [0.25, 0.3) is 0 Å². The molecule has 4 nitrogen and oxygen atoms in total. The first-order valence-electron chi connectivity index (χ1n) is 4.51. The summed E-state index contributed by atoms with van der Waals surface area (Å²) in [7, 11) is 0. The Morgan fingerprint density at radius 2 is 2.38 bits per heavy atom. The van der Waals surface area contributed by atoms with Crippen LogP contribution in [0.15, 0.2) is 4.99 Å². The van der Waals surface area contributed by atoms with Crippen molar-refractivity contribution >= 4 is 12.0 Å². The number of hydrogen-bond donors (Lipinski definition) is 0. The molecule has 1 unspecified atom stereocenters. The maximum absolute atomic E-state index is 11.2. The van der Waals surface area contributed by atoms with Gasteiger partial charge < -0.3 is 4.74 Å². The number of esters is 1. The van der Waals surface area contributed by atoms with Crippen molar-refractivity contribution in [3.8, 4) is 0 Å². The van der Waals surface area contributed by atoms with Crippen LogP contribution in [0.25, 0.3) is 0 Å². The van der Waals surface area contributed by atoms with Gasteiger partial charge in [0.1, 0.15) is 0 Å². The lowest BCUT2D eigenvalue weighted by molar-refractivity contribution is -0.144. The monoisotopic (exact) mass is 183 g/mol. The summed E-state index contributed by atoms with van der Waals surface area (Å²) in [6.07, 6.45) is 4.31. The number of isocyanates is 1. The Labute approximate surface area is 77.0 Å². The van der Waals surface area contributed by atoms with Crippen molar-refractivity contribution in [2.24, 2.45) is 10.9 Å². The van der Waals surface area contributed by atoms with Gasteiger partial charge in [-0.15, -0.1) is 0 Å². The number of carbonyl (C=O) groups excluding carboxylic acids is 2. The predicted molar refractivity (Wildman–Crippen MR) is 45.9 cm³/mol. The highest BCUT2D eigenvalue weighted by Gasteiger charge is 2.29. The van der Waals surface area contributed by atoms with Crippen molar-refractivity contribution in [2.45, 2.75) is 32.2 Å². The highest BCUT2D eigenvalue weighted by Crippen LogP contribution is 2.34. The average Bonchev–Trinajstić information content (AvgIpc) is 2.88. The second-order valence-corrected chi connectivity index (χ2v) is 3.17. The largest absolute Gasteiger partial charge is 0.464 e. The molecule has 0 saturated heterocycles. The molecule has 1 aliphatic carbocycles. The van der Waals surface area contributed by atoms with Gasteiger partial charge in [0, 0.05) is 0 Å². The molecule has 0 heterocycles. The zero-order valence-electron chi connectivity index (χ0n) is 7.66. The van der Waals surface area contributed by atoms with Crippen LogP contribution >= 0.6 is 0 Å². The quantitative estimate of drug-likeness (QED) is 0.363. The van der Waals surface area contributed by atoms with Crippen molar-refractivity contribution in [3.05, 3.63) is 0 Å². The van der Waals surface area contributed by atoms with E-state index in [1.54, 1.807) is 6.92 Å². The Hall–Kier alpha value is -1.15. The topological polar surface area (TPSA) is 55.7 Å². The van der Waals surface area contributed by atoms with Gasteiger partial charge in [-0.2, -0.15) is 4.99 Å². The van der Waals surface area contributed by atoms with Crippen LogP contribution in [0, 0.1) is 5.92 Å². The van der Waals surface area contributed by atoms with E-state index >= 15 is 0 Å². The van der Waals surface area contributed by atoms with Crippen molar-refractivity contribution in [3.63, 3.8) is 0 Å². The van der Waals surface area contributed by atoms with Gasteiger partial charge >= 0.3 is 5.97 Å². The maximum Gasteiger partial charge on any atom is 0.331 e. The number of hydrogen-bond acceptors (Lipinski definition) is 4. The Kier molecular flexibility index (Phi) is 3.65. The lowest BCUT2D eigenvalue weighted by Gasteiger charge is -2.07. The van der Waals surface area contributed by atoms with Crippen LogP contribution in [-0.2, 0) is 14.3 Å². The molecule has 1 fully saturated rings. The van der Waals surface area contributed by atoms with E-state index in [1.165, 1.54) is 6.08 Å². The first-order valence-corrected chi connectivity index (χ1v) is 4.51. The van der Waals surface area contributed by atoms with E-state index in [1.807, 2.05) is 0 Å². The van der Waals surface area contributed by atoms with E-state index in [0.717, 1.165) is 12.8 Å². The summed E-state index contributed by atoms with van der Waals surface area (Å²) >= 11 is 0. The summed E-state index contributed by atoms with van der Waals surface area (Å²) in [5, 5.41) is 0. The molecule has 1 saturated carbocycles. The van der Waals surface area contributed by atoms with E-state index in [4.69, 9.17) is 4.74 Å². The van der Waals surface area contributed by atoms with Crippen LogP contribution in [0.4, 0.5) is 0 Å². The second kappa shape index (κ2) is 4.77. The number of rotatable bonds is 5. The summed E-state index contributed by atoms with van der Waals surface area (Å²) < 4.78 is 4.77. The molecule has 1 rings (SSSR count). The summed E-state index contributed by atoms with van der Waals surface area (Å²) in [6.45, 7) is 2.06. The number of ether oxygens (including phenoxy) is 1. The van der Waals surface area contributed by atoms with E-state index in [9.17, 15) is 9.59 Å². The van der Waals surface area contributed by atoms with E-state index in [0.29, 0.717) is 18.9 Å². The van der Waals surface area contributed by atoms with Crippen LogP contribution < -0.4 is 0 Å². The van der Waals surface area contributed by atoms with Gasteiger partial charge in [0.05, 0.1) is 6.61 Å². The molecule has 0 aromatic carbocycles. The van der Waals surface area contributed by atoms with Crippen molar-refractivity contribution in [1.29, 1.82) is 0 Å². The van der Waals surface area contributed by atoms with Crippen LogP contribution in [0.3, 0.4) is 0 Å². The van der Waals surface area contributed by atoms with E-state index < -0.39 is 12.0 Å². The number of aliphatic imine (C=N–C) groups is 1. The van der Waals surface area contributed by atoms with Crippen molar-refractivity contribution in [1.82, 2.24) is 0 Å². The highest BCUT2D eigenvalue weighted by atomic mass is 16.5. The first kappa shape index (κ1) is 9.93. The van der Waals surface area contributed by atoms with Crippen LogP contribution in [0.1, 0.15) is 26.2 Å². The highest BCUT2D eigenvalue weighted by molar-refractivity contribution is 5.76. The molecule has 1 atom stereocenters. The maximum atomic E-state index is 11.2. The van der Waals surface area contributed by atoms with E-state index in [-0.39, 0.29) is 0 Å². The molecule has 0 aromatic heterocycles. The van der Waals surface area contributed by atoms with Crippen molar-refractivity contribution in [2.75, 3.05) is 6.61 Å². The molecule has 0 bridgehead atoms. The normalized spacial score (nSPS) is 17.3. The molecule has 0 spiro atoms. The zero-order chi connectivity index (χ0) is 9.68. The summed E-state index contributed by atoms with van der Waals surface area (Å²) in [4.78, 5) is 24.7. The van der Waals surface area contributed by atoms with Gasteiger partial charge in [-0.25, -0.2) is 9.59 Å². The molecule has 72 valence electrons. The molecule has 0 N–H and O–H groups in total. The summed E-state index contributed by atoms with van der Waals surface area (Å²) in [6, 6.07) is -0.620. The lowest BCUT2D eigenvalue weighted by Crippen LogP contribution is -2.22. The standard InChI is InChI=1S/C9H13NO3/c1-2-13-9(12)8(10-6-11)5-7-3-4-7/h7-8H,2-5H2,1H3. The SMILES string of the molecule is CCOC(=O)C(CC1CC1)N=C=O. The third-order valence-corrected chi connectivity index (χ3v) is 2.02. The van der Waals surface area contributed by atoms with Gasteiger partial charge in [-0.1, -0.05) is 12.8 Å². The van der Waals surface area contributed by atoms with E-state index in [2.05, 4.69) is 4.99 Å². The molecule has 4 heteroatoms. The Morgan fingerprint density at radius 3 is 2.85 bits per heavy atom. The smallest absolute Gasteiger partial charge is 0.331 e. The fraction of sp³-hybridized carbons (Fsp3) is 0.778. The molecule has 0 amide bonds. The van der Waals surface area contributed by atoms with Gasteiger partial charge in [0.15, 0.2) is 6.04 Å². The second-order valence-electron chi connectivity index (χ2n) is 3.17. The molecule has 0 aromatic rings. The first-order chi connectivity index (χ1) is 6.27. The zero-order valence-corrected chi connectivity index (χ0v) is 7.66. The van der Waals surface area contributed by atoms with Crippen molar-refractivity contribution < 1.29 is 14.3 Å². The van der Waals surface area contributed by atoms with Gasteiger partial charge in [-0.3, -0.25) is 0 Å².